The zero-order chi connectivity index (χ0) is 28.6. The van der Waals surface area contributed by atoms with E-state index in [-0.39, 0.29) is 23.3 Å². The number of fused-ring (bicyclic) bond motifs is 1. The van der Waals surface area contributed by atoms with Crippen molar-refractivity contribution in [3.05, 3.63) is 68.9 Å². The van der Waals surface area contributed by atoms with Crippen molar-refractivity contribution in [2.45, 2.75) is 57.8 Å². The molecule has 4 atom stereocenters. The summed E-state index contributed by atoms with van der Waals surface area (Å²) in [6.07, 6.45) is 6.06. The predicted octanol–water partition coefficient (Wildman–Crippen LogP) is 3.60. The Morgan fingerprint density at radius 2 is 1.98 bits per heavy atom. The molecule has 2 amide bonds. The Kier molecular flexibility index (Phi) is 8.64. The molecule has 40 heavy (non-hydrogen) atoms. The quantitative estimate of drug-likeness (QED) is 0.486. The lowest BCUT2D eigenvalue weighted by Crippen LogP contribution is -2.50. The summed E-state index contributed by atoms with van der Waals surface area (Å²) in [6.45, 7) is 10.3. The van der Waals surface area contributed by atoms with Gasteiger partial charge in [-0.15, -0.1) is 0 Å². The van der Waals surface area contributed by atoms with Crippen LogP contribution in [0.3, 0.4) is 0 Å². The number of aliphatic hydroxyl groups is 1. The van der Waals surface area contributed by atoms with E-state index >= 15 is 0 Å². The first-order valence-corrected chi connectivity index (χ1v) is 14.7. The fraction of sp³-hybridized carbons (Fsp3) is 0.533. The molecule has 10 heteroatoms. The average Bonchev–Trinajstić information content (AvgIpc) is 3.02. The molecule has 5 rings (SSSR count). The third-order valence-corrected chi connectivity index (χ3v) is 8.81. The second-order valence-corrected chi connectivity index (χ2v) is 12.7. The number of benzene rings is 1. The monoisotopic (exact) mass is 588 g/mol. The molecule has 1 aromatic rings. The SMILES string of the molecule is CC(=O)N1C(c2ccc(Cl)cc2Cl)C2=C(CC(C)(C)CC2O)NC2C=C(C(=O)NCCN3CCOCC3)C=CC21. The topological polar surface area (TPSA) is 94.1 Å². The van der Waals surface area contributed by atoms with E-state index in [1.54, 1.807) is 23.1 Å². The van der Waals surface area contributed by atoms with E-state index in [9.17, 15) is 14.7 Å². The van der Waals surface area contributed by atoms with Crippen LogP contribution in [0.4, 0.5) is 0 Å². The van der Waals surface area contributed by atoms with Crippen molar-refractivity contribution in [3.63, 3.8) is 0 Å². The number of carbonyl (C=O) groups is 2. The van der Waals surface area contributed by atoms with Gasteiger partial charge < -0.3 is 25.4 Å². The number of halogens is 2. The maximum Gasteiger partial charge on any atom is 0.251 e. The molecule has 4 aliphatic rings. The van der Waals surface area contributed by atoms with Crippen LogP contribution < -0.4 is 10.6 Å². The molecular weight excluding hydrogens is 551 g/mol. The van der Waals surface area contributed by atoms with Gasteiger partial charge in [0.15, 0.2) is 0 Å². The molecule has 2 aliphatic heterocycles. The molecule has 2 aliphatic carbocycles. The molecule has 0 saturated carbocycles. The Bertz CT molecular complexity index is 1250. The van der Waals surface area contributed by atoms with Gasteiger partial charge in [0.25, 0.3) is 5.91 Å². The van der Waals surface area contributed by atoms with Crippen molar-refractivity contribution in [3.8, 4) is 0 Å². The van der Waals surface area contributed by atoms with E-state index in [4.69, 9.17) is 27.9 Å². The van der Waals surface area contributed by atoms with E-state index in [0.717, 1.165) is 44.1 Å². The van der Waals surface area contributed by atoms with E-state index in [1.807, 2.05) is 18.2 Å². The fourth-order valence-electron chi connectivity index (χ4n) is 6.39. The van der Waals surface area contributed by atoms with Crippen LogP contribution in [0.5, 0.6) is 0 Å². The number of nitrogens with zero attached hydrogens (tertiary/aromatic N) is 2. The van der Waals surface area contributed by atoms with E-state index in [2.05, 4.69) is 29.4 Å². The molecule has 2 heterocycles. The Morgan fingerprint density at radius 1 is 1.23 bits per heavy atom. The highest BCUT2D eigenvalue weighted by Crippen LogP contribution is 2.48. The van der Waals surface area contributed by atoms with Crippen LogP contribution in [0.15, 0.2) is 53.3 Å². The largest absolute Gasteiger partial charge is 0.389 e. The molecule has 1 fully saturated rings. The summed E-state index contributed by atoms with van der Waals surface area (Å²) in [5.41, 5.74) is 2.72. The molecule has 0 bridgehead atoms. The molecule has 3 N–H and O–H groups in total. The first kappa shape index (κ1) is 29.1. The highest BCUT2D eigenvalue weighted by molar-refractivity contribution is 6.35. The number of amides is 2. The summed E-state index contributed by atoms with van der Waals surface area (Å²) in [5, 5.41) is 19.1. The number of allylic oxidation sites excluding steroid dienone is 1. The van der Waals surface area contributed by atoms with Crippen molar-refractivity contribution >= 4 is 35.0 Å². The van der Waals surface area contributed by atoms with Crippen molar-refractivity contribution in [2.75, 3.05) is 39.4 Å². The number of aliphatic hydroxyl groups excluding tert-OH is 1. The highest BCUT2D eigenvalue weighted by Gasteiger charge is 2.46. The maximum atomic E-state index is 13.4. The van der Waals surface area contributed by atoms with Crippen LogP contribution in [-0.2, 0) is 14.3 Å². The number of carbonyl (C=O) groups excluding carboxylic acids is 2. The van der Waals surface area contributed by atoms with Crippen LogP contribution in [0.1, 0.15) is 45.2 Å². The van der Waals surface area contributed by atoms with Gasteiger partial charge in [-0.1, -0.05) is 55.3 Å². The fourth-order valence-corrected chi connectivity index (χ4v) is 6.90. The van der Waals surface area contributed by atoms with Crippen LogP contribution >= 0.6 is 23.2 Å². The third kappa shape index (κ3) is 6.11. The molecule has 4 unspecified atom stereocenters. The number of hydrogen-bond acceptors (Lipinski definition) is 6. The maximum absolute atomic E-state index is 13.4. The van der Waals surface area contributed by atoms with Gasteiger partial charge in [0.05, 0.1) is 37.4 Å². The molecule has 0 aromatic heterocycles. The zero-order valence-corrected chi connectivity index (χ0v) is 24.8. The van der Waals surface area contributed by atoms with Gasteiger partial charge in [-0.05, 0) is 42.0 Å². The van der Waals surface area contributed by atoms with Gasteiger partial charge in [0, 0.05) is 60.0 Å². The second-order valence-electron chi connectivity index (χ2n) is 11.8. The van der Waals surface area contributed by atoms with E-state index in [0.29, 0.717) is 40.6 Å². The summed E-state index contributed by atoms with van der Waals surface area (Å²) in [5.74, 6) is -0.311. The zero-order valence-electron chi connectivity index (χ0n) is 23.3. The first-order valence-electron chi connectivity index (χ1n) is 13.9. The molecule has 8 nitrogen and oxygen atoms in total. The summed E-state index contributed by atoms with van der Waals surface area (Å²) in [7, 11) is 0. The van der Waals surface area contributed by atoms with Gasteiger partial charge in [0.2, 0.25) is 5.91 Å². The number of morpholine rings is 1. The first-order chi connectivity index (χ1) is 19.0. The lowest BCUT2D eigenvalue weighted by Gasteiger charge is -2.42. The minimum Gasteiger partial charge on any atom is -0.389 e. The lowest BCUT2D eigenvalue weighted by molar-refractivity contribution is -0.132. The standard InChI is InChI=1S/C30H38Cl2N4O4/c1-18(37)36-25-7-4-19(29(39)33-8-9-35-10-12-40-13-11-35)14-23(25)34-24-16-30(2,3)17-26(38)27(24)28(36)21-6-5-20(31)15-22(21)32/h4-7,14-15,23,25-26,28,34,38H,8-13,16-17H2,1-3H3,(H,33,39). The average molecular weight is 590 g/mol. The molecular formula is C30H38Cl2N4O4. The van der Waals surface area contributed by atoms with Crippen molar-refractivity contribution in [1.82, 2.24) is 20.4 Å². The highest BCUT2D eigenvalue weighted by atomic mass is 35.5. The predicted molar refractivity (Wildman–Crippen MR) is 156 cm³/mol. The Labute approximate surface area is 246 Å². The molecule has 216 valence electrons. The summed E-state index contributed by atoms with van der Waals surface area (Å²) in [6, 6.07) is 3.90. The molecule has 1 saturated heterocycles. The minimum absolute atomic E-state index is 0.154. The Balaban J connectivity index is 1.48. The normalized spacial score (nSPS) is 28.1. The number of hydrogen-bond donors (Lipinski definition) is 3. The van der Waals surface area contributed by atoms with E-state index < -0.39 is 18.2 Å². The van der Waals surface area contributed by atoms with Gasteiger partial charge in [-0.2, -0.15) is 0 Å². The van der Waals surface area contributed by atoms with Gasteiger partial charge in [-0.3, -0.25) is 14.5 Å². The van der Waals surface area contributed by atoms with Crippen LogP contribution in [-0.4, -0.2) is 84.3 Å². The number of nitrogens with one attached hydrogen (secondary N) is 2. The lowest BCUT2D eigenvalue weighted by atomic mass is 9.72. The van der Waals surface area contributed by atoms with E-state index in [1.165, 1.54) is 6.92 Å². The van der Waals surface area contributed by atoms with Crippen LogP contribution in [0.2, 0.25) is 10.0 Å². The van der Waals surface area contributed by atoms with Crippen LogP contribution in [0, 0.1) is 5.41 Å². The van der Waals surface area contributed by atoms with Gasteiger partial charge in [-0.25, -0.2) is 0 Å². The van der Waals surface area contributed by atoms with Crippen molar-refractivity contribution in [2.24, 2.45) is 5.41 Å². The number of ether oxygens (including phenoxy) is 1. The van der Waals surface area contributed by atoms with Gasteiger partial charge in [0.1, 0.15) is 0 Å². The minimum atomic E-state index is -0.777. The van der Waals surface area contributed by atoms with Crippen molar-refractivity contribution < 1.29 is 19.4 Å². The Hall–Kier alpha value is -2.36. The summed E-state index contributed by atoms with van der Waals surface area (Å²) < 4.78 is 5.40. The summed E-state index contributed by atoms with van der Waals surface area (Å²) in [4.78, 5) is 30.6. The van der Waals surface area contributed by atoms with Crippen molar-refractivity contribution in [1.29, 1.82) is 0 Å². The second kappa shape index (κ2) is 11.9. The van der Waals surface area contributed by atoms with Gasteiger partial charge >= 0.3 is 0 Å². The third-order valence-electron chi connectivity index (χ3n) is 8.24. The molecule has 0 spiro atoms. The molecule has 0 radical (unpaired) electrons. The smallest absolute Gasteiger partial charge is 0.251 e. The molecule has 1 aromatic carbocycles. The van der Waals surface area contributed by atoms with Crippen LogP contribution in [0.25, 0.3) is 0 Å². The Morgan fingerprint density at radius 3 is 2.67 bits per heavy atom. The summed E-state index contributed by atoms with van der Waals surface area (Å²) >= 11 is 12.9. The number of rotatable bonds is 5.